The third kappa shape index (κ3) is 4.18. The number of amides is 1. The van der Waals surface area contributed by atoms with Gasteiger partial charge in [0, 0.05) is 39.3 Å². The van der Waals surface area contributed by atoms with E-state index in [1.807, 2.05) is 43.2 Å². The average molecular weight is 438 g/mol. The maximum absolute atomic E-state index is 12.9. The molecule has 162 valence electrons. The summed E-state index contributed by atoms with van der Waals surface area (Å²) < 4.78 is 3.55. The molecule has 31 heavy (non-hydrogen) atoms. The first kappa shape index (κ1) is 21.0. The molecule has 4 heterocycles. The van der Waals surface area contributed by atoms with Gasteiger partial charge in [0.25, 0.3) is 5.91 Å². The molecule has 0 saturated heterocycles. The molecule has 4 aromatic rings. The van der Waals surface area contributed by atoms with Crippen molar-refractivity contribution in [3.8, 4) is 11.1 Å². The van der Waals surface area contributed by atoms with E-state index < -0.39 is 0 Å². The third-order valence-electron chi connectivity index (χ3n) is 5.41. The number of nitrogen functional groups attached to an aromatic ring is 1. The van der Waals surface area contributed by atoms with Gasteiger partial charge in [-0.1, -0.05) is 13.8 Å². The normalized spacial score (nSPS) is 13.4. The van der Waals surface area contributed by atoms with Crippen LogP contribution in [0.1, 0.15) is 59.8 Å². The van der Waals surface area contributed by atoms with E-state index in [4.69, 9.17) is 5.73 Å². The van der Waals surface area contributed by atoms with Gasteiger partial charge >= 0.3 is 0 Å². The first-order valence-corrected chi connectivity index (χ1v) is 11.3. The van der Waals surface area contributed by atoms with Crippen molar-refractivity contribution in [2.45, 2.75) is 52.6 Å². The Labute approximate surface area is 185 Å². The number of carbonyl (C=O) groups excluding carboxylic acids is 1. The summed E-state index contributed by atoms with van der Waals surface area (Å²) in [7, 11) is 0. The summed E-state index contributed by atoms with van der Waals surface area (Å²) >= 11 is 1.79. The molecule has 0 aliphatic carbocycles. The standard InChI is InChI=1S/C22H27N7OS/c1-5-13(3)25-21(30)17-9-15(11-29-20(17)26-22(23)27-29)16-10-24-28(12-16)18(6-2)19-8-7-14(4)31-19/h7-13,18H,5-6H2,1-4H3,(H2,23,27)(H,25,30)/t13-,18?/m0/s1. The van der Waals surface area contributed by atoms with Crippen LogP contribution in [-0.4, -0.2) is 36.3 Å². The Balaban J connectivity index is 1.74. The molecule has 0 saturated carbocycles. The van der Waals surface area contributed by atoms with Crippen LogP contribution in [0.25, 0.3) is 16.8 Å². The smallest absolute Gasteiger partial charge is 0.255 e. The Kier molecular flexibility index (Phi) is 5.77. The van der Waals surface area contributed by atoms with Crippen LogP contribution in [-0.2, 0) is 0 Å². The second kappa shape index (κ2) is 8.50. The molecule has 9 heteroatoms. The number of carbonyl (C=O) groups is 1. The number of pyridine rings is 1. The van der Waals surface area contributed by atoms with E-state index in [-0.39, 0.29) is 23.9 Å². The van der Waals surface area contributed by atoms with Gasteiger partial charge in [-0.2, -0.15) is 10.1 Å². The lowest BCUT2D eigenvalue weighted by Gasteiger charge is -2.14. The molecular formula is C22H27N7OS. The van der Waals surface area contributed by atoms with Crippen molar-refractivity contribution in [1.29, 1.82) is 0 Å². The van der Waals surface area contributed by atoms with Crippen molar-refractivity contribution in [1.82, 2.24) is 29.7 Å². The summed E-state index contributed by atoms with van der Waals surface area (Å²) in [6.45, 7) is 8.26. The molecule has 1 amide bonds. The molecule has 0 spiro atoms. The minimum atomic E-state index is -0.193. The van der Waals surface area contributed by atoms with E-state index in [0.717, 1.165) is 24.0 Å². The predicted octanol–water partition coefficient (Wildman–Crippen LogP) is 4.07. The van der Waals surface area contributed by atoms with Crippen molar-refractivity contribution in [3.05, 3.63) is 52.1 Å². The Hall–Kier alpha value is -3.20. The average Bonchev–Trinajstić information content (AvgIpc) is 3.47. The molecule has 1 unspecified atom stereocenters. The SMILES string of the molecule is CCC(c1ccc(C)s1)n1cc(-c2cc(C(=O)N[C@@H](C)CC)c3nc(N)nn3c2)cn1. The molecule has 0 radical (unpaired) electrons. The molecular weight excluding hydrogens is 410 g/mol. The zero-order chi connectivity index (χ0) is 22.1. The molecule has 0 fully saturated rings. The number of nitrogens with two attached hydrogens (primary N) is 1. The van der Waals surface area contributed by atoms with E-state index in [0.29, 0.717) is 11.2 Å². The van der Waals surface area contributed by atoms with Gasteiger partial charge in [-0.15, -0.1) is 16.4 Å². The number of nitrogens with zero attached hydrogens (tertiary/aromatic N) is 5. The van der Waals surface area contributed by atoms with Crippen molar-refractivity contribution >= 4 is 28.8 Å². The Morgan fingerprint density at radius 1 is 1.23 bits per heavy atom. The van der Waals surface area contributed by atoms with Gasteiger partial charge in [-0.25, -0.2) is 4.52 Å². The van der Waals surface area contributed by atoms with Crippen LogP contribution in [0.4, 0.5) is 5.95 Å². The first-order chi connectivity index (χ1) is 14.9. The largest absolute Gasteiger partial charge is 0.366 e. The highest BCUT2D eigenvalue weighted by Crippen LogP contribution is 2.30. The van der Waals surface area contributed by atoms with Gasteiger partial charge in [0.2, 0.25) is 5.95 Å². The van der Waals surface area contributed by atoms with Gasteiger partial charge < -0.3 is 11.1 Å². The first-order valence-electron chi connectivity index (χ1n) is 10.5. The lowest BCUT2D eigenvalue weighted by atomic mass is 10.1. The zero-order valence-corrected chi connectivity index (χ0v) is 19.0. The summed E-state index contributed by atoms with van der Waals surface area (Å²) in [5.41, 5.74) is 8.43. The number of hydrogen-bond donors (Lipinski definition) is 2. The van der Waals surface area contributed by atoms with Crippen LogP contribution in [0.15, 0.2) is 36.8 Å². The molecule has 0 aromatic carbocycles. The van der Waals surface area contributed by atoms with E-state index in [9.17, 15) is 4.79 Å². The Bertz CT molecular complexity index is 1220. The Morgan fingerprint density at radius 3 is 2.71 bits per heavy atom. The third-order valence-corrected chi connectivity index (χ3v) is 6.52. The van der Waals surface area contributed by atoms with E-state index in [2.05, 4.69) is 46.5 Å². The van der Waals surface area contributed by atoms with Gasteiger partial charge in [-0.05, 0) is 44.9 Å². The number of aryl methyl sites for hydroxylation is 1. The number of thiophene rings is 1. The second-order valence-corrected chi connectivity index (χ2v) is 9.06. The fraction of sp³-hybridized carbons (Fsp3) is 0.364. The fourth-order valence-corrected chi connectivity index (χ4v) is 4.59. The monoisotopic (exact) mass is 437 g/mol. The lowest BCUT2D eigenvalue weighted by molar-refractivity contribution is 0.0940. The number of nitrogens with one attached hydrogen (secondary N) is 1. The zero-order valence-electron chi connectivity index (χ0n) is 18.2. The fourth-order valence-electron chi connectivity index (χ4n) is 3.54. The van der Waals surface area contributed by atoms with Gasteiger partial charge in [0.15, 0.2) is 5.65 Å². The van der Waals surface area contributed by atoms with E-state index in [1.54, 1.807) is 15.9 Å². The van der Waals surface area contributed by atoms with Gasteiger partial charge in [0.1, 0.15) is 0 Å². The van der Waals surface area contributed by atoms with Crippen molar-refractivity contribution in [3.63, 3.8) is 0 Å². The quantitative estimate of drug-likeness (QED) is 0.454. The molecule has 8 nitrogen and oxygen atoms in total. The molecule has 0 bridgehead atoms. The number of hydrogen-bond acceptors (Lipinski definition) is 6. The highest BCUT2D eigenvalue weighted by atomic mass is 32.1. The second-order valence-electron chi connectivity index (χ2n) is 7.74. The van der Waals surface area contributed by atoms with Crippen LogP contribution < -0.4 is 11.1 Å². The number of fused-ring (bicyclic) bond motifs is 1. The summed E-state index contributed by atoms with van der Waals surface area (Å²) in [4.78, 5) is 19.7. The summed E-state index contributed by atoms with van der Waals surface area (Å²) in [5, 5.41) is 11.9. The van der Waals surface area contributed by atoms with Crippen molar-refractivity contribution in [2.75, 3.05) is 5.73 Å². The van der Waals surface area contributed by atoms with Gasteiger partial charge in [0.05, 0.1) is 17.8 Å². The minimum Gasteiger partial charge on any atom is -0.366 e. The lowest BCUT2D eigenvalue weighted by Crippen LogP contribution is -2.32. The van der Waals surface area contributed by atoms with Crippen LogP contribution in [0, 0.1) is 6.92 Å². The molecule has 0 aliphatic heterocycles. The van der Waals surface area contributed by atoms with Crippen molar-refractivity contribution in [2.24, 2.45) is 0 Å². The highest BCUT2D eigenvalue weighted by molar-refractivity contribution is 7.12. The number of aromatic nitrogens is 5. The van der Waals surface area contributed by atoms with Gasteiger partial charge in [-0.3, -0.25) is 9.48 Å². The summed E-state index contributed by atoms with van der Waals surface area (Å²) in [6, 6.07) is 6.36. The number of rotatable bonds is 7. The molecule has 4 rings (SSSR count). The summed E-state index contributed by atoms with van der Waals surface area (Å²) in [6.07, 6.45) is 7.43. The van der Waals surface area contributed by atoms with E-state index >= 15 is 0 Å². The maximum Gasteiger partial charge on any atom is 0.255 e. The molecule has 0 aliphatic rings. The Morgan fingerprint density at radius 2 is 2.03 bits per heavy atom. The molecule has 3 N–H and O–H groups in total. The highest BCUT2D eigenvalue weighted by Gasteiger charge is 2.19. The maximum atomic E-state index is 12.9. The van der Waals surface area contributed by atoms with Crippen LogP contribution in [0.2, 0.25) is 0 Å². The minimum absolute atomic E-state index is 0.0544. The summed E-state index contributed by atoms with van der Waals surface area (Å²) in [5.74, 6) is -0.0639. The van der Waals surface area contributed by atoms with E-state index in [1.165, 1.54) is 9.75 Å². The van der Waals surface area contributed by atoms with Crippen molar-refractivity contribution < 1.29 is 4.79 Å². The predicted molar refractivity (Wildman–Crippen MR) is 123 cm³/mol. The molecule has 4 aromatic heterocycles. The van der Waals surface area contributed by atoms with Crippen LogP contribution >= 0.6 is 11.3 Å². The topological polar surface area (TPSA) is 103 Å². The van der Waals surface area contributed by atoms with Crippen LogP contribution in [0.5, 0.6) is 0 Å². The van der Waals surface area contributed by atoms with Crippen LogP contribution in [0.3, 0.4) is 0 Å². The molecule has 2 atom stereocenters. The number of anilines is 1.